The number of hydrogen-bond acceptors (Lipinski definition) is 3. The molecule has 4 nitrogen and oxygen atoms in total. The van der Waals surface area contributed by atoms with E-state index in [1.54, 1.807) is 12.3 Å². The van der Waals surface area contributed by atoms with E-state index in [4.69, 9.17) is 0 Å². The van der Waals surface area contributed by atoms with Crippen LogP contribution in [0, 0.1) is 11.7 Å². The molecule has 2 saturated heterocycles. The van der Waals surface area contributed by atoms with Crippen LogP contribution >= 0.6 is 0 Å². The van der Waals surface area contributed by atoms with Gasteiger partial charge >= 0.3 is 0 Å². The molecule has 1 aromatic rings. The molecule has 0 bridgehead atoms. The summed E-state index contributed by atoms with van der Waals surface area (Å²) in [4.78, 5) is 19.6. The van der Waals surface area contributed by atoms with E-state index in [1.807, 2.05) is 16.7 Å². The summed E-state index contributed by atoms with van der Waals surface area (Å²) in [5.41, 5.74) is 0.594. The third-order valence-electron chi connectivity index (χ3n) is 3.90. The van der Waals surface area contributed by atoms with Crippen LogP contribution in [0.4, 0.5) is 10.1 Å². The van der Waals surface area contributed by atoms with Gasteiger partial charge in [-0.15, -0.1) is 0 Å². The van der Waals surface area contributed by atoms with Crippen LogP contribution in [0.5, 0.6) is 0 Å². The molecule has 3 heterocycles. The molecule has 0 N–H and O–H groups in total. The number of hydrogen-bond donors (Lipinski definition) is 0. The molecule has 2 aliphatic heterocycles. The van der Waals surface area contributed by atoms with Crippen molar-refractivity contribution >= 4 is 11.6 Å². The average molecular weight is 249 g/mol. The number of pyridine rings is 1. The predicted molar refractivity (Wildman–Crippen MR) is 65.7 cm³/mol. The van der Waals surface area contributed by atoms with E-state index in [-0.39, 0.29) is 23.7 Å². The van der Waals surface area contributed by atoms with Crippen LogP contribution < -0.4 is 4.90 Å². The molecular formula is C13H16FN3O. The standard InChI is InChI=1S/C13H16FN3O/c1-9-6-10-8-16(4-5-17(10)13(9)18)12-2-3-15-7-11(12)14/h2-3,7,9-10H,4-6,8H2,1H3. The van der Waals surface area contributed by atoms with E-state index in [1.165, 1.54) is 6.20 Å². The zero-order chi connectivity index (χ0) is 12.7. The Morgan fingerprint density at radius 1 is 1.44 bits per heavy atom. The lowest BCUT2D eigenvalue weighted by Crippen LogP contribution is -2.51. The van der Waals surface area contributed by atoms with Crippen molar-refractivity contribution in [3.8, 4) is 0 Å². The first kappa shape index (κ1) is 11.4. The molecule has 2 fully saturated rings. The molecule has 96 valence electrons. The van der Waals surface area contributed by atoms with Crippen LogP contribution in [-0.2, 0) is 4.79 Å². The summed E-state index contributed by atoms with van der Waals surface area (Å²) in [6.45, 7) is 4.07. The van der Waals surface area contributed by atoms with Crippen molar-refractivity contribution in [3.05, 3.63) is 24.3 Å². The van der Waals surface area contributed by atoms with Gasteiger partial charge in [-0.2, -0.15) is 0 Å². The zero-order valence-electron chi connectivity index (χ0n) is 10.3. The van der Waals surface area contributed by atoms with Gasteiger partial charge in [0.2, 0.25) is 5.91 Å². The number of fused-ring (bicyclic) bond motifs is 1. The Hall–Kier alpha value is -1.65. The number of amides is 1. The quantitative estimate of drug-likeness (QED) is 0.752. The van der Waals surface area contributed by atoms with E-state index >= 15 is 0 Å². The minimum Gasteiger partial charge on any atom is -0.365 e. The maximum atomic E-state index is 13.7. The fraction of sp³-hybridized carbons (Fsp3) is 0.538. The molecule has 2 atom stereocenters. The van der Waals surface area contributed by atoms with Gasteiger partial charge in [0, 0.05) is 37.8 Å². The van der Waals surface area contributed by atoms with Crippen molar-refractivity contribution in [2.45, 2.75) is 19.4 Å². The lowest BCUT2D eigenvalue weighted by atomic mass is 10.1. The summed E-state index contributed by atoms with van der Waals surface area (Å²) in [5.74, 6) is 0.0652. The monoisotopic (exact) mass is 249 g/mol. The SMILES string of the molecule is CC1CC2CN(c3ccncc3F)CCN2C1=O. The second-order valence-electron chi connectivity index (χ2n) is 5.10. The summed E-state index contributed by atoms with van der Waals surface area (Å²) in [6, 6.07) is 1.93. The number of halogens is 1. The van der Waals surface area contributed by atoms with Crippen molar-refractivity contribution in [2.24, 2.45) is 5.92 Å². The Balaban J connectivity index is 1.79. The van der Waals surface area contributed by atoms with E-state index in [0.717, 1.165) is 13.0 Å². The lowest BCUT2D eigenvalue weighted by molar-refractivity contribution is -0.131. The maximum Gasteiger partial charge on any atom is 0.225 e. The van der Waals surface area contributed by atoms with E-state index in [2.05, 4.69) is 4.98 Å². The summed E-state index contributed by atoms with van der Waals surface area (Å²) < 4.78 is 13.7. The number of nitrogens with zero attached hydrogens (tertiary/aromatic N) is 3. The van der Waals surface area contributed by atoms with Gasteiger partial charge in [-0.25, -0.2) is 4.39 Å². The summed E-state index contributed by atoms with van der Waals surface area (Å²) in [5, 5.41) is 0. The van der Waals surface area contributed by atoms with Crippen LogP contribution in [0.3, 0.4) is 0 Å². The topological polar surface area (TPSA) is 36.4 Å². The summed E-state index contributed by atoms with van der Waals surface area (Å²) >= 11 is 0. The van der Waals surface area contributed by atoms with E-state index in [9.17, 15) is 9.18 Å². The van der Waals surface area contributed by atoms with Crippen LogP contribution in [0.25, 0.3) is 0 Å². The highest BCUT2D eigenvalue weighted by molar-refractivity contribution is 5.81. The first-order valence-corrected chi connectivity index (χ1v) is 6.32. The second kappa shape index (κ2) is 4.23. The van der Waals surface area contributed by atoms with Gasteiger partial charge < -0.3 is 9.80 Å². The molecule has 18 heavy (non-hydrogen) atoms. The molecule has 0 saturated carbocycles. The smallest absolute Gasteiger partial charge is 0.225 e. The van der Waals surface area contributed by atoms with Crippen LogP contribution in [0.1, 0.15) is 13.3 Å². The number of anilines is 1. The molecule has 2 aliphatic rings. The normalized spacial score (nSPS) is 27.6. The van der Waals surface area contributed by atoms with Crippen LogP contribution in [-0.4, -0.2) is 41.5 Å². The molecular weight excluding hydrogens is 233 g/mol. The van der Waals surface area contributed by atoms with Crippen molar-refractivity contribution in [3.63, 3.8) is 0 Å². The van der Waals surface area contributed by atoms with E-state index in [0.29, 0.717) is 18.8 Å². The van der Waals surface area contributed by atoms with Gasteiger partial charge in [0.25, 0.3) is 0 Å². The van der Waals surface area contributed by atoms with Gasteiger partial charge in [-0.05, 0) is 12.5 Å². The second-order valence-corrected chi connectivity index (χ2v) is 5.10. The Morgan fingerprint density at radius 2 is 2.28 bits per heavy atom. The number of rotatable bonds is 1. The number of carbonyl (C=O) groups excluding carboxylic acids is 1. The Labute approximate surface area is 105 Å². The molecule has 0 aromatic carbocycles. The van der Waals surface area contributed by atoms with Gasteiger partial charge in [0.15, 0.2) is 5.82 Å². The molecule has 0 spiro atoms. The van der Waals surface area contributed by atoms with Crippen LogP contribution in [0.2, 0.25) is 0 Å². The first-order valence-electron chi connectivity index (χ1n) is 6.32. The van der Waals surface area contributed by atoms with Gasteiger partial charge in [-0.3, -0.25) is 9.78 Å². The van der Waals surface area contributed by atoms with Crippen molar-refractivity contribution in [2.75, 3.05) is 24.5 Å². The molecule has 2 unspecified atom stereocenters. The van der Waals surface area contributed by atoms with Gasteiger partial charge in [-0.1, -0.05) is 6.92 Å². The number of carbonyl (C=O) groups is 1. The number of piperazine rings is 1. The molecule has 0 aliphatic carbocycles. The van der Waals surface area contributed by atoms with Crippen molar-refractivity contribution in [1.29, 1.82) is 0 Å². The first-order chi connectivity index (χ1) is 8.66. The molecule has 5 heteroatoms. The Bertz CT molecular complexity index is 479. The zero-order valence-corrected chi connectivity index (χ0v) is 10.3. The lowest BCUT2D eigenvalue weighted by Gasteiger charge is -2.38. The fourth-order valence-corrected chi connectivity index (χ4v) is 2.98. The summed E-state index contributed by atoms with van der Waals surface area (Å²) in [7, 11) is 0. The van der Waals surface area contributed by atoms with Crippen molar-refractivity contribution in [1.82, 2.24) is 9.88 Å². The average Bonchev–Trinajstić information content (AvgIpc) is 2.65. The van der Waals surface area contributed by atoms with Crippen molar-refractivity contribution < 1.29 is 9.18 Å². The molecule has 3 rings (SSSR count). The highest BCUT2D eigenvalue weighted by atomic mass is 19.1. The van der Waals surface area contributed by atoms with Gasteiger partial charge in [0.05, 0.1) is 11.9 Å². The maximum absolute atomic E-state index is 13.7. The number of aromatic nitrogens is 1. The van der Waals surface area contributed by atoms with Gasteiger partial charge in [0.1, 0.15) is 0 Å². The highest BCUT2D eigenvalue weighted by Gasteiger charge is 2.40. The third-order valence-corrected chi connectivity index (χ3v) is 3.90. The Morgan fingerprint density at radius 3 is 3.06 bits per heavy atom. The third kappa shape index (κ3) is 1.74. The minimum atomic E-state index is -0.289. The highest BCUT2D eigenvalue weighted by Crippen LogP contribution is 2.30. The molecule has 1 aromatic heterocycles. The predicted octanol–water partition coefficient (Wildman–Crippen LogP) is 1.28. The summed E-state index contributed by atoms with van der Waals surface area (Å²) in [6.07, 6.45) is 3.72. The Kier molecular flexibility index (Phi) is 2.69. The molecule has 0 radical (unpaired) electrons. The minimum absolute atomic E-state index is 0.109. The molecule has 1 amide bonds. The fourth-order valence-electron chi connectivity index (χ4n) is 2.98. The van der Waals surface area contributed by atoms with E-state index < -0.39 is 0 Å². The largest absolute Gasteiger partial charge is 0.365 e. The van der Waals surface area contributed by atoms with Crippen LogP contribution in [0.15, 0.2) is 18.5 Å².